The Balaban J connectivity index is 1.60. The van der Waals surface area contributed by atoms with Gasteiger partial charge in [0.25, 0.3) is 5.56 Å². The molecule has 3 heterocycles. The summed E-state index contributed by atoms with van der Waals surface area (Å²) in [6.07, 6.45) is 4.60. The summed E-state index contributed by atoms with van der Waals surface area (Å²) in [5.74, 6) is 0.704. The number of nitrogens with one attached hydrogen (secondary N) is 4. The van der Waals surface area contributed by atoms with Crippen LogP contribution < -0.4 is 21.7 Å². The lowest BCUT2D eigenvalue weighted by Gasteiger charge is -2.23. The van der Waals surface area contributed by atoms with Gasteiger partial charge in [-0.1, -0.05) is 31.2 Å². The van der Waals surface area contributed by atoms with E-state index < -0.39 is 5.91 Å². The minimum Gasteiger partial charge on any atom is -0.384 e. The molecule has 0 fully saturated rings. The van der Waals surface area contributed by atoms with E-state index in [2.05, 4.69) is 25.6 Å². The first-order chi connectivity index (χ1) is 18.6. The molecule has 1 atom stereocenters. The lowest BCUT2D eigenvalue weighted by atomic mass is 10.1. The monoisotopic (exact) mass is 512 g/mol. The predicted octanol–water partition coefficient (Wildman–Crippen LogP) is 3.92. The van der Waals surface area contributed by atoms with Crippen LogP contribution >= 0.6 is 0 Å². The molecule has 11 heteroatoms. The van der Waals surface area contributed by atoms with Gasteiger partial charge in [-0.25, -0.2) is 20.4 Å². The van der Waals surface area contributed by atoms with E-state index in [1.807, 2.05) is 61.5 Å². The SMILES string of the molecule is CC[C@H](Nc1nccc2[nH]cnc12)c1nc2cccc(NCCCC(=O)NO)c2c(=O)n1-c1ccccc1. The lowest BCUT2D eigenvalue weighted by Crippen LogP contribution is -2.29. The number of rotatable bonds is 10. The van der Waals surface area contributed by atoms with E-state index in [9.17, 15) is 9.59 Å². The van der Waals surface area contributed by atoms with Crippen molar-refractivity contribution in [1.82, 2.24) is 30.0 Å². The maximum Gasteiger partial charge on any atom is 0.268 e. The maximum atomic E-state index is 14.1. The topological polar surface area (TPSA) is 150 Å². The van der Waals surface area contributed by atoms with Gasteiger partial charge in [0.05, 0.1) is 34.5 Å². The number of pyridine rings is 1. The van der Waals surface area contributed by atoms with Gasteiger partial charge in [0.2, 0.25) is 5.91 Å². The molecular weight excluding hydrogens is 484 g/mol. The van der Waals surface area contributed by atoms with Crippen LogP contribution in [-0.4, -0.2) is 42.2 Å². The summed E-state index contributed by atoms with van der Waals surface area (Å²) in [7, 11) is 0. The summed E-state index contributed by atoms with van der Waals surface area (Å²) in [6.45, 7) is 2.46. The Morgan fingerprint density at radius 2 is 1.95 bits per heavy atom. The molecular formula is C27H28N8O3. The molecule has 0 unspecified atom stereocenters. The van der Waals surface area contributed by atoms with Crippen LogP contribution in [0.25, 0.3) is 27.6 Å². The Bertz CT molecular complexity index is 1630. The van der Waals surface area contributed by atoms with E-state index in [0.717, 1.165) is 5.52 Å². The molecule has 5 aromatic rings. The van der Waals surface area contributed by atoms with E-state index in [0.29, 0.717) is 58.8 Å². The number of aromatic nitrogens is 5. The van der Waals surface area contributed by atoms with Gasteiger partial charge in [-0.05, 0) is 43.2 Å². The van der Waals surface area contributed by atoms with E-state index in [1.165, 1.54) is 0 Å². The number of imidazole rings is 1. The van der Waals surface area contributed by atoms with Gasteiger partial charge < -0.3 is 15.6 Å². The van der Waals surface area contributed by atoms with E-state index >= 15 is 0 Å². The second kappa shape index (κ2) is 11.1. The van der Waals surface area contributed by atoms with Gasteiger partial charge in [-0.2, -0.15) is 0 Å². The Hall–Kier alpha value is -4.77. The smallest absolute Gasteiger partial charge is 0.268 e. The highest BCUT2D eigenvalue weighted by molar-refractivity contribution is 5.91. The summed E-state index contributed by atoms with van der Waals surface area (Å²) >= 11 is 0. The molecule has 3 aromatic heterocycles. The highest BCUT2D eigenvalue weighted by Crippen LogP contribution is 2.28. The van der Waals surface area contributed by atoms with Crippen molar-refractivity contribution < 1.29 is 10.0 Å². The molecule has 0 radical (unpaired) electrons. The van der Waals surface area contributed by atoms with Gasteiger partial charge in [0, 0.05) is 24.8 Å². The van der Waals surface area contributed by atoms with Gasteiger partial charge in [-0.3, -0.25) is 19.4 Å². The molecule has 0 aliphatic carbocycles. The third-order valence-corrected chi connectivity index (χ3v) is 6.33. The van der Waals surface area contributed by atoms with Crippen LogP contribution in [0.15, 0.2) is 71.9 Å². The molecule has 0 bridgehead atoms. The molecule has 2 aromatic carbocycles. The number of hydroxylamine groups is 1. The number of hydrogen-bond donors (Lipinski definition) is 5. The largest absolute Gasteiger partial charge is 0.384 e. The number of carbonyl (C=O) groups is 1. The first kappa shape index (κ1) is 24.9. The van der Waals surface area contributed by atoms with E-state index in [1.54, 1.807) is 22.6 Å². The zero-order chi connectivity index (χ0) is 26.5. The van der Waals surface area contributed by atoms with E-state index in [4.69, 9.17) is 10.2 Å². The van der Waals surface area contributed by atoms with Crippen molar-refractivity contribution in [1.29, 1.82) is 0 Å². The number of nitrogens with zero attached hydrogens (tertiary/aromatic N) is 4. The van der Waals surface area contributed by atoms with Crippen molar-refractivity contribution in [3.8, 4) is 5.69 Å². The molecule has 0 saturated carbocycles. The number of H-pyrrole nitrogens is 1. The molecule has 0 aliphatic rings. The van der Waals surface area contributed by atoms with Crippen LogP contribution in [0, 0.1) is 0 Å². The Kier molecular flexibility index (Phi) is 7.27. The Labute approximate surface area is 217 Å². The van der Waals surface area contributed by atoms with Crippen molar-refractivity contribution in [2.24, 2.45) is 0 Å². The molecule has 11 nitrogen and oxygen atoms in total. The average molecular weight is 513 g/mol. The third-order valence-electron chi connectivity index (χ3n) is 6.33. The van der Waals surface area contributed by atoms with Crippen molar-refractivity contribution >= 4 is 39.3 Å². The highest BCUT2D eigenvalue weighted by Gasteiger charge is 2.22. The number of carbonyl (C=O) groups excluding carboxylic acids is 1. The first-order valence-corrected chi connectivity index (χ1v) is 12.4. The fourth-order valence-electron chi connectivity index (χ4n) is 4.47. The predicted molar refractivity (Wildman–Crippen MR) is 146 cm³/mol. The number of para-hydroxylation sites is 1. The number of benzene rings is 2. The van der Waals surface area contributed by atoms with Crippen LogP contribution in [-0.2, 0) is 4.79 Å². The fourth-order valence-corrected chi connectivity index (χ4v) is 4.47. The van der Waals surface area contributed by atoms with Crippen LogP contribution in [0.4, 0.5) is 11.5 Å². The molecule has 38 heavy (non-hydrogen) atoms. The second-order valence-electron chi connectivity index (χ2n) is 8.77. The van der Waals surface area contributed by atoms with Crippen molar-refractivity contribution in [3.63, 3.8) is 0 Å². The molecule has 0 aliphatic heterocycles. The zero-order valence-electron chi connectivity index (χ0n) is 20.8. The normalized spacial score (nSPS) is 11.9. The minimum atomic E-state index is -0.458. The quantitative estimate of drug-likeness (QED) is 0.107. The molecule has 5 rings (SSSR count). The standard InChI is InChI=1S/C27H28N8O3/c1-2-18(32-25-24-21(13-15-29-25)30-16-31-24)26-33-20-11-6-10-19(28-14-7-12-22(36)34-38)23(20)27(37)35(26)17-8-4-3-5-9-17/h3-6,8-11,13,15-16,18,28,38H,2,7,12,14H2,1H3,(H,29,32)(H,30,31)(H,34,36)/t18-/m0/s1. The number of fused-ring (bicyclic) bond motifs is 2. The highest BCUT2D eigenvalue weighted by atomic mass is 16.5. The van der Waals surface area contributed by atoms with Crippen LogP contribution in [0.3, 0.4) is 0 Å². The van der Waals surface area contributed by atoms with Crippen LogP contribution in [0.1, 0.15) is 38.1 Å². The molecule has 1 amide bonds. The number of anilines is 2. The van der Waals surface area contributed by atoms with Crippen molar-refractivity contribution in [2.75, 3.05) is 17.2 Å². The van der Waals surface area contributed by atoms with E-state index in [-0.39, 0.29) is 18.0 Å². The van der Waals surface area contributed by atoms with Crippen LogP contribution in [0.5, 0.6) is 0 Å². The third kappa shape index (κ3) is 4.91. The van der Waals surface area contributed by atoms with Gasteiger partial charge in [-0.15, -0.1) is 0 Å². The molecule has 0 saturated heterocycles. The summed E-state index contributed by atoms with van der Waals surface area (Å²) in [6, 6.07) is 16.4. The van der Waals surface area contributed by atoms with Gasteiger partial charge >= 0.3 is 0 Å². The van der Waals surface area contributed by atoms with Gasteiger partial charge in [0.15, 0.2) is 5.82 Å². The van der Waals surface area contributed by atoms with Crippen molar-refractivity contribution in [3.05, 3.63) is 83.3 Å². The molecule has 5 N–H and O–H groups in total. The zero-order valence-corrected chi connectivity index (χ0v) is 20.8. The number of aromatic amines is 1. The van der Waals surface area contributed by atoms with Crippen LogP contribution in [0.2, 0.25) is 0 Å². The number of hydrogen-bond acceptors (Lipinski definition) is 8. The first-order valence-electron chi connectivity index (χ1n) is 12.4. The van der Waals surface area contributed by atoms with Gasteiger partial charge in [0.1, 0.15) is 11.3 Å². The fraction of sp³-hybridized carbons (Fsp3) is 0.222. The summed E-state index contributed by atoms with van der Waals surface area (Å²) in [4.78, 5) is 42.4. The summed E-state index contributed by atoms with van der Waals surface area (Å²) in [5.41, 5.74) is 4.87. The minimum absolute atomic E-state index is 0.158. The molecule has 0 spiro atoms. The average Bonchev–Trinajstić information content (AvgIpc) is 3.44. The second-order valence-corrected chi connectivity index (χ2v) is 8.77. The van der Waals surface area contributed by atoms with Crippen molar-refractivity contribution in [2.45, 2.75) is 32.2 Å². The maximum absolute atomic E-state index is 14.1. The number of amides is 1. The Morgan fingerprint density at radius 1 is 1.11 bits per heavy atom. The Morgan fingerprint density at radius 3 is 2.74 bits per heavy atom. The summed E-state index contributed by atoms with van der Waals surface area (Å²) in [5, 5.41) is 15.9. The summed E-state index contributed by atoms with van der Waals surface area (Å²) < 4.78 is 1.64. The lowest BCUT2D eigenvalue weighted by molar-refractivity contribution is -0.129. The molecule has 194 valence electrons.